The van der Waals surface area contributed by atoms with Crippen LogP contribution >= 0.6 is 0 Å². The van der Waals surface area contributed by atoms with Crippen LogP contribution in [0, 0.1) is 5.82 Å². The van der Waals surface area contributed by atoms with Gasteiger partial charge < -0.3 is 10.5 Å². The summed E-state index contributed by atoms with van der Waals surface area (Å²) in [5.41, 5.74) is 7.17. The van der Waals surface area contributed by atoms with Gasteiger partial charge in [0.25, 0.3) is 0 Å². The molecule has 0 spiro atoms. The zero-order valence-electron chi connectivity index (χ0n) is 9.72. The molecule has 1 heterocycles. The van der Waals surface area contributed by atoms with Gasteiger partial charge in [-0.15, -0.1) is 0 Å². The normalized spacial score (nSPS) is 12.5. The minimum absolute atomic E-state index is 0.195. The maximum Gasteiger partial charge on any atom is 0.170 e. The molecule has 0 radical (unpaired) electrons. The minimum atomic E-state index is -0.558. The van der Waals surface area contributed by atoms with Crippen LogP contribution in [-0.2, 0) is 7.05 Å². The van der Waals surface area contributed by atoms with E-state index < -0.39 is 11.9 Å². The van der Waals surface area contributed by atoms with Gasteiger partial charge in [0.2, 0.25) is 0 Å². The zero-order valence-corrected chi connectivity index (χ0v) is 9.72. The second kappa shape index (κ2) is 4.55. The molecule has 2 aromatic rings. The average molecular weight is 235 g/mol. The van der Waals surface area contributed by atoms with E-state index in [0.717, 1.165) is 5.69 Å². The first-order valence-electron chi connectivity index (χ1n) is 5.21. The number of aromatic nitrogens is 2. The highest BCUT2D eigenvalue weighted by atomic mass is 19.1. The van der Waals surface area contributed by atoms with E-state index in [1.54, 1.807) is 42.2 Å². The molecule has 4 nitrogen and oxygen atoms in total. The molecule has 0 amide bonds. The van der Waals surface area contributed by atoms with Crippen molar-refractivity contribution in [3.8, 4) is 5.75 Å². The summed E-state index contributed by atoms with van der Waals surface area (Å²) in [6, 6.07) is 6.14. The molecule has 0 aliphatic carbocycles. The van der Waals surface area contributed by atoms with Gasteiger partial charge in [-0.3, -0.25) is 4.68 Å². The second-order valence-corrected chi connectivity index (χ2v) is 3.72. The summed E-state index contributed by atoms with van der Waals surface area (Å²) in [6.45, 7) is 0. The molecule has 2 N–H and O–H groups in total. The fourth-order valence-corrected chi connectivity index (χ4v) is 1.77. The Kier molecular flexibility index (Phi) is 3.10. The molecule has 5 heteroatoms. The number of ether oxygens (including phenoxy) is 1. The number of aryl methyl sites for hydroxylation is 1. The lowest BCUT2D eigenvalue weighted by molar-refractivity contribution is 0.383. The number of hydrogen-bond donors (Lipinski definition) is 1. The number of methoxy groups -OCH3 is 1. The largest absolute Gasteiger partial charge is 0.494 e. The quantitative estimate of drug-likeness (QED) is 0.879. The Hall–Kier alpha value is -1.88. The number of nitrogens with two attached hydrogens (primary N) is 1. The monoisotopic (exact) mass is 235 g/mol. The molecule has 0 aliphatic heterocycles. The molecule has 90 valence electrons. The molecule has 1 aromatic carbocycles. The third-order valence-corrected chi connectivity index (χ3v) is 2.73. The van der Waals surface area contributed by atoms with Crippen LogP contribution in [0.5, 0.6) is 5.75 Å². The number of nitrogens with zero attached hydrogens (tertiary/aromatic N) is 2. The lowest BCUT2D eigenvalue weighted by atomic mass is 10.0. The van der Waals surface area contributed by atoms with Crippen LogP contribution in [0.3, 0.4) is 0 Å². The van der Waals surface area contributed by atoms with Gasteiger partial charge in [-0.1, -0.05) is 12.1 Å². The Morgan fingerprint density at radius 3 is 2.76 bits per heavy atom. The predicted molar refractivity (Wildman–Crippen MR) is 62.2 cm³/mol. The second-order valence-electron chi connectivity index (χ2n) is 3.72. The van der Waals surface area contributed by atoms with Crippen LogP contribution < -0.4 is 10.5 Å². The molecule has 2 rings (SSSR count). The van der Waals surface area contributed by atoms with Crippen LogP contribution in [0.15, 0.2) is 30.5 Å². The van der Waals surface area contributed by atoms with Crippen LogP contribution in [0.4, 0.5) is 4.39 Å². The Bertz CT molecular complexity index is 524. The summed E-state index contributed by atoms with van der Waals surface area (Å²) >= 11 is 0. The summed E-state index contributed by atoms with van der Waals surface area (Å²) in [4.78, 5) is 0. The molecular weight excluding hydrogens is 221 g/mol. The highest BCUT2D eigenvalue weighted by Crippen LogP contribution is 2.27. The van der Waals surface area contributed by atoms with Crippen LogP contribution in [-0.4, -0.2) is 16.9 Å². The molecular formula is C12H14FN3O. The molecule has 1 unspecified atom stereocenters. The van der Waals surface area contributed by atoms with E-state index >= 15 is 0 Å². The summed E-state index contributed by atoms with van der Waals surface area (Å²) in [7, 11) is 3.20. The maximum atomic E-state index is 14.0. The van der Waals surface area contributed by atoms with Crippen LogP contribution in [0.1, 0.15) is 17.3 Å². The van der Waals surface area contributed by atoms with Gasteiger partial charge >= 0.3 is 0 Å². The van der Waals surface area contributed by atoms with Crippen molar-refractivity contribution in [3.05, 3.63) is 47.5 Å². The highest BCUT2D eigenvalue weighted by molar-refractivity contribution is 5.36. The topological polar surface area (TPSA) is 53.1 Å². The van der Waals surface area contributed by atoms with Gasteiger partial charge in [0.05, 0.1) is 18.8 Å². The molecule has 0 saturated carbocycles. The first-order valence-corrected chi connectivity index (χ1v) is 5.21. The Morgan fingerprint density at radius 2 is 2.18 bits per heavy atom. The van der Waals surface area contributed by atoms with Crippen molar-refractivity contribution in [1.29, 1.82) is 0 Å². The van der Waals surface area contributed by atoms with E-state index in [4.69, 9.17) is 10.5 Å². The van der Waals surface area contributed by atoms with E-state index in [-0.39, 0.29) is 5.75 Å². The number of hydrogen-bond acceptors (Lipinski definition) is 3. The van der Waals surface area contributed by atoms with Crippen LogP contribution in [0.2, 0.25) is 0 Å². The molecule has 0 saturated heterocycles. The summed E-state index contributed by atoms with van der Waals surface area (Å²) in [6.07, 6.45) is 1.63. The number of rotatable bonds is 3. The van der Waals surface area contributed by atoms with Gasteiger partial charge in [-0.2, -0.15) is 5.10 Å². The van der Waals surface area contributed by atoms with Crippen LogP contribution in [0.25, 0.3) is 0 Å². The molecule has 0 bridgehead atoms. The first kappa shape index (κ1) is 11.6. The summed E-state index contributed by atoms with van der Waals surface area (Å²) in [5, 5.41) is 4.02. The maximum absolute atomic E-state index is 14.0. The molecule has 17 heavy (non-hydrogen) atoms. The zero-order chi connectivity index (χ0) is 12.4. The van der Waals surface area contributed by atoms with E-state index in [1.165, 1.54) is 7.11 Å². The van der Waals surface area contributed by atoms with Crippen molar-refractivity contribution in [2.45, 2.75) is 6.04 Å². The van der Waals surface area contributed by atoms with Gasteiger partial charge in [0.15, 0.2) is 11.6 Å². The lowest BCUT2D eigenvalue weighted by Crippen LogP contribution is -2.17. The fourth-order valence-electron chi connectivity index (χ4n) is 1.77. The third-order valence-electron chi connectivity index (χ3n) is 2.73. The summed E-state index contributed by atoms with van der Waals surface area (Å²) in [5.74, 6) is -0.233. The SMILES string of the molecule is COc1cccc(C(N)c2ccnn2C)c1F. The molecule has 1 aromatic heterocycles. The lowest BCUT2D eigenvalue weighted by Gasteiger charge is -2.14. The standard InChI is InChI=1S/C12H14FN3O/c1-16-9(6-7-15-16)12(14)8-4-3-5-10(17-2)11(8)13/h3-7,12H,14H2,1-2H3. The highest BCUT2D eigenvalue weighted by Gasteiger charge is 2.18. The van der Waals surface area contributed by atoms with Crippen molar-refractivity contribution in [2.24, 2.45) is 12.8 Å². The van der Waals surface area contributed by atoms with E-state index in [2.05, 4.69) is 5.10 Å². The smallest absolute Gasteiger partial charge is 0.170 e. The minimum Gasteiger partial charge on any atom is -0.494 e. The van der Waals surface area contributed by atoms with E-state index in [9.17, 15) is 4.39 Å². The Morgan fingerprint density at radius 1 is 1.41 bits per heavy atom. The number of halogens is 1. The molecule has 0 aliphatic rings. The van der Waals surface area contributed by atoms with Crippen molar-refractivity contribution in [1.82, 2.24) is 9.78 Å². The van der Waals surface area contributed by atoms with Crippen molar-refractivity contribution >= 4 is 0 Å². The fraction of sp³-hybridized carbons (Fsp3) is 0.250. The van der Waals surface area contributed by atoms with Gasteiger partial charge in [0.1, 0.15) is 0 Å². The predicted octanol–water partition coefficient (Wildman–Crippen LogP) is 1.62. The van der Waals surface area contributed by atoms with Crippen molar-refractivity contribution in [2.75, 3.05) is 7.11 Å². The molecule has 0 fully saturated rings. The van der Waals surface area contributed by atoms with Gasteiger partial charge in [-0.25, -0.2) is 4.39 Å². The van der Waals surface area contributed by atoms with Gasteiger partial charge in [0, 0.05) is 18.8 Å². The average Bonchev–Trinajstić information content (AvgIpc) is 2.75. The molecule has 1 atom stereocenters. The van der Waals surface area contributed by atoms with Crippen molar-refractivity contribution < 1.29 is 9.13 Å². The summed E-state index contributed by atoms with van der Waals surface area (Å²) < 4.78 is 20.6. The Labute approximate surface area is 98.8 Å². The first-order chi connectivity index (χ1) is 8.15. The van der Waals surface area contributed by atoms with E-state index in [0.29, 0.717) is 5.56 Å². The van der Waals surface area contributed by atoms with Gasteiger partial charge in [-0.05, 0) is 12.1 Å². The van der Waals surface area contributed by atoms with E-state index in [1.807, 2.05) is 0 Å². The van der Waals surface area contributed by atoms with Crippen molar-refractivity contribution in [3.63, 3.8) is 0 Å². The third kappa shape index (κ3) is 2.01. The number of benzene rings is 1. The Balaban J connectivity index is 2.44.